The summed E-state index contributed by atoms with van der Waals surface area (Å²) in [7, 11) is 0. The molecule has 1 saturated carbocycles. The number of phenols is 2. The van der Waals surface area contributed by atoms with Crippen LogP contribution in [0.5, 0.6) is 11.5 Å². The number of rotatable bonds is 12. The number of fused-ring (bicyclic) bond motifs is 1. The van der Waals surface area contributed by atoms with Gasteiger partial charge in [0, 0.05) is 44.2 Å². The van der Waals surface area contributed by atoms with Gasteiger partial charge in [0.15, 0.2) is 22.8 Å². The van der Waals surface area contributed by atoms with E-state index in [1.54, 1.807) is 47.7 Å². The summed E-state index contributed by atoms with van der Waals surface area (Å²) in [5.74, 6) is 1.46. The van der Waals surface area contributed by atoms with E-state index < -0.39 is 24.3 Å². The number of phenolic OH excluding ortho intramolecular Hbond substituents is 2. The number of aromatic amines is 1. The van der Waals surface area contributed by atoms with E-state index in [1.165, 1.54) is 4.80 Å². The number of aromatic nitrogens is 10. The van der Waals surface area contributed by atoms with E-state index in [0.29, 0.717) is 67.7 Å². The zero-order valence-corrected chi connectivity index (χ0v) is 32.0. The molecule has 2 aliphatic rings. The number of nitrogens with zero attached hydrogens (tertiary/aromatic N) is 10. The van der Waals surface area contributed by atoms with Crippen LogP contribution in [0.15, 0.2) is 67.4 Å². The molecular weight excluding hydrogens is 756 g/mol. The predicted octanol–water partition coefficient (Wildman–Crippen LogP) is 2.72. The molecule has 0 bridgehead atoms. The number of carbonyl (C=O) groups is 1. The number of aryl methyl sites for hydroxylation is 1. The molecule has 2 amide bonds. The molecule has 0 radical (unpaired) electrons. The first-order valence-electron chi connectivity index (χ1n) is 18.7. The van der Waals surface area contributed by atoms with E-state index in [9.17, 15) is 25.2 Å². The summed E-state index contributed by atoms with van der Waals surface area (Å²) in [6, 6.07) is 11.9. The molecule has 8 N–H and O–H groups in total. The SMILES string of the molecule is CCc1nnn([C@H]2C[C@@H](n3cnc4c(NCC(c5ccc(O)cc5)c5ccc(O)cc5)nc(N5CC[C@@H](NC(=O)NC(C)c6c[nH]cn6)C5)nc43)[C@H](O)[C@@H]2O)n1.Cl. The Morgan fingerprint density at radius 2 is 1.68 bits per heavy atom. The summed E-state index contributed by atoms with van der Waals surface area (Å²) in [5.41, 5.74) is 3.48. The number of urea groups is 1. The zero-order valence-electron chi connectivity index (χ0n) is 31.2. The van der Waals surface area contributed by atoms with Gasteiger partial charge in [-0.25, -0.2) is 14.8 Å². The average Bonchev–Trinajstić information content (AvgIpc) is 4.05. The number of hydrogen-bond donors (Lipinski definition) is 8. The molecule has 6 aromatic rings. The number of nitrogens with one attached hydrogen (secondary N) is 4. The van der Waals surface area contributed by atoms with Crippen LogP contribution in [0.4, 0.5) is 16.6 Å². The van der Waals surface area contributed by atoms with Gasteiger partial charge in [-0.2, -0.15) is 14.8 Å². The summed E-state index contributed by atoms with van der Waals surface area (Å²) in [6.07, 6.45) is 4.08. The number of aliphatic hydroxyl groups excluding tert-OH is 2. The number of amides is 2. The molecule has 19 nitrogen and oxygen atoms in total. The monoisotopic (exact) mass is 800 g/mol. The Morgan fingerprint density at radius 1 is 0.982 bits per heavy atom. The smallest absolute Gasteiger partial charge is 0.315 e. The van der Waals surface area contributed by atoms with Crippen molar-refractivity contribution in [2.45, 2.75) is 75.4 Å². The molecule has 57 heavy (non-hydrogen) atoms. The minimum atomic E-state index is -1.18. The van der Waals surface area contributed by atoms with Crippen LogP contribution in [0.2, 0.25) is 0 Å². The van der Waals surface area contributed by atoms with E-state index >= 15 is 0 Å². The Labute approximate surface area is 333 Å². The molecule has 8 rings (SSSR count). The fraction of sp³-hybridized carbons (Fsp3) is 0.405. The standard InChI is InChI=1S/C37H44N14O5.ClH/c1-3-30-46-48-51(47-30)29-14-28(32(54)33(29)55)50-19-41-31-34(39-15-26(21-4-8-24(52)9-5-21)22-6-10-25(53)11-7-22)44-36(45-35(31)50)49-13-12-23(17-49)43-37(56)42-20(2)27-16-38-18-40-27;/h4-11,16,18-20,23,26,28-29,32-33,52-55H,3,12-15,17H2,1-2H3,(H,38,40)(H,39,44,45)(H2,42,43,56);1H/t20?,23-,28-,29+,32+,33-;/m1./s1. The van der Waals surface area contributed by atoms with Crippen molar-refractivity contribution >= 4 is 41.4 Å². The van der Waals surface area contributed by atoms with Crippen LogP contribution < -0.4 is 20.9 Å². The molecule has 1 saturated heterocycles. The van der Waals surface area contributed by atoms with Gasteiger partial charge in [-0.3, -0.25) is 0 Å². The molecule has 20 heteroatoms. The Balaban J connectivity index is 0.00000496. The normalized spacial score (nSPS) is 21.1. The van der Waals surface area contributed by atoms with Crippen LogP contribution in [0.1, 0.15) is 73.4 Å². The highest BCUT2D eigenvalue weighted by Gasteiger charge is 2.45. The van der Waals surface area contributed by atoms with Gasteiger partial charge in [-0.15, -0.1) is 22.6 Å². The van der Waals surface area contributed by atoms with Crippen molar-refractivity contribution < 1.29 is 25.2 Å². The summed E-state index contributed by atoms with van der Waals surface area (Å²) in [6.45, 7) is 5.14. The second-order valence-electron chi connectivity index (χ2n) is 14.3. The first-order valence-corrected chi connectivity index (χ1v) is 18.7. The van der Waals surface area contributed by atoms with Crippen molar-refractivity contribution in [2.24, 2.45) is 0 Å². The predicted molar refractivity (Wildman–Crippen MR) is 210 cm³/mol. The first kappa shape index (κ1) is 39.2. The average molecular weight is 801 g/mol. The maximum absolute atomic E-state index is 12.9. The molecule has 2 fully saturated rings. The number of imidazole rings is 2. The van der Waals surface area contributed by atoms with E-state index in [-0.39, 0.29) is 47.9 Å². The second kappa shape index (κ2) is 16.6. The van der Waals surface area contributed by atoms with Gasteiger partial charge < -0.3 is 50.8 Å². The number of H-pyrrole nitrogens is 1. The lowest BCUT2D eigenvalue weighted by molar-refractivity contribution is 0.00473. The third kappa shape index (κ3) is 8.12. The molecule has 6 atom stereocenters. The highest BCUT2D eigenvalue weighted by molar-refractivity contribution is 5.85. The van der Waals surface area contributed by atoms with E-state index in [2.05, 4.69) is 41.3 Å². The molecule has 5 heterocycles. The second-order valence-corrected chi connectivity index (χ2v) is 14.3. The van der Waals surface area contributed by atoms with Crippen molar-refractivity contribution in [2.75, 3.05) is 29.9 Å². The fourth-order valence-corrected chi connectivity index (χ4v) is 7.55. The molecule has 300 valence electrons. The molecule has 4 aromatic heterocycles. The Morgan fingerprint density at radius 3 is 2.33 bits per heavy atom. The number of anilines is 2. The molecule has 1 aliphatic heterocycles. The number of aromatic hydroxyl groups is 2. The van der Waals surface area contributed by atoms with Crippen LogP contribution in [0.25, 0.3) is 11.2 Å². The van der Waals surface area contributed by atoms with Crippen molar-refractivity contribution in [1.82, 2.24) is 60.3 Å². The van der Waals surface area contributed by atoms with Gasteiger partial charge >= 0.3 is 6.03 Å². The number of hydrogen-bond acceptors (Lipinski definition) is 14. The summed E-state index contributed by atoms with van der Waals surface area (Å²) < 4.78 is 1.77. The Kier molecular flexibility index (Phi) is 11.4. The van der Waals surface area contributed by atoms with Crippen LogP contribution in [-0.4, -0.2) is 114 Å². The molecular formula is C37H45ClN14O5. The van der Waals surface area contributed by atoms with Crippen LogP contribution in [-0.2, 0) is 6.42 Å². The molecule has 1 aliphatic carbocycles. The third-order valence-electron chi connectivity index (χ3n) is 10.7. The van der Waals surface area contributed by atoms with Gasteiger partial charge in [0.25, 0.3) is 0 Å². The molecule has 1 unspecified atom stereocenters. The topological polar surface area (TPSA) is 253 Å². The van der Waals surface area contributed by atoms with Crippen molar-refractivity contribution in [3.63, 3.8) is 0 Å². The van der Waals surface area contributed by atoms with Gasteiger partial charge in [0.05, 0.1) is 30.4 Å². The Bertz CT molecular complexity index is 2220. The summed E-state index contributed by atoms with van der Waals surface area (Å²) in [4.78, 5) is 38.1. The lowest BCUT2D eigenvalue weighted by atomic mass is 9.91. The first-order chi connectivity index (χ1) is 27.1. The maximum atomic E-state index is 12.9. The lowest BCUT2D eigenvalue weighted by Crippen LogP contribution is -2.44. The van der Waals surface area contributed by atoms with Crippen LogP contribution in [0, 0.1) is 0 Å². The zero-order chi connectivity index (χ0) is 38.9. The lowest BCUT2D eigenvalue weighted by Gasteiger charge is -2.22. The number of halogens is 1. The van der Waals surface area contributed by atoms with Gasteiger partial charge in [-0.1, -0.05) is 31.2 Å². The number of benzene rings is 2. The van der Waals surface area contributed by atoms with Gasteiger partial charge in [0.2, 0.25) is 5.95 Å². The van der Waals surface area contributed by atoms with E-state index in [1.807, 2.05) is 43.0 Å². The van der Waals surface area contributed by atoms with E-state index in [4.69, 9.17) is 15.0 Å². The fourth-order valence-electron chi connectivity index (χ4n) is 7.55. The van der Waals surface area contributed by atoms with Crippen molar-refractivity contribution in [3.05, 3.63) is 90.0 Å². The highest BCUT2D eigenvalue weighted by Crippen LogP contribution is 2.40. The van der Waals surface area contributed by atoms with Crippen LogP contribution in [0.3, 0.4) is 0 Å². The van der Waals surface area contributed by atoms with Gasteiger partial charge in [0.1, 0.15) is 29.7 Å². The number of carbonyl (C=O) groups excluding carboxylic acids is 1. The minimum Gasteiger partial charge on any atom is -0.508 e. The molecule has 2 aromatic carbocycles. The van der Waals surface area contributed by atoms with E-state index in [0.717, 1.165) is 16.8 Å². The Hall–Kier alpha value is -6.05. The largest absolute Gasteiger partial charge is 0.508 e. The maximum Gasteiger partial charge on any atom is 0.315 e. The number of tetrazole rings is 1. The van der Waals surface area contributed by atoms with Crippen molar-refractivity contribution in [3.8, 4) is 11.5 Å². The minimum absolute atomic E-state index is 0. The van der Waals surface area contributed by atoms with Gasteiger partial charge in [-0.05, 0) is 60.4 Å². The summed E-state index contributed by atoms with van der Waals surface area (Å²) >= 11 is 0. The number of aliphatic hydroxyl groups is 2. The quantitative estimate of drug-likeness (QED) is 0.0887. The summed E-state index contributed by atoms with van der Waals surface area (Å²) in [5, 5.41) is 64.7. The molecule has 0 spiro atoms. The third-order valence-corrected chi connectivity index (χ3v) is 10.7. The van der Waals surface area contributed by atoms with Crippen LogP contribution >= 0.6 is 12.4 Å². The van der Waals surface area contributed by atoms with Crippen molar-refractivity contribution in [1.29, 1.82) is 0 Å². The highest BCUT2D eigenvalue weighted by atomic mass is 35.5.